The first-order valence-corrected chi connectivity index (χ1v) is 8.52. The third kappa shape index (κ3) is 4.16. The number of para-hydroxylation sites is 1. The number of rotatable bonds is 5. The van der Waals surface area contributed by atoms with Crippen molar-refractivity contribution in [2.24, 2.45) is 0 Å². The van der Waals surface area contributed by atoms with E-state index in [4.69, 9.17) is 0 Å². The maximum Gasteiger partial charge on any atom is 0.434 e. The van der Waals surface area contributed by atoms with Crippen molar-refractivity contribution in [1.82, 2.24) is 15.1 Å². The van der Waals surface area contributed by atoms with Gasteiger partial charge in [-0.2, -0.15) is 18.3 Å². The second-order valence-corrected chi connectivity index (χ2v) is 6.40. The van der Waals surface area contributed by atoms with Crippen LogP contribution in [0.25, 0.3) is 5.69 Å². The van der Waals surface area contributed by atoms with E-state index in [1.165, 1.54) is 12.1 Å². The standard InChI is InChI=1S/C20H19F3N4O/c1-26(2)15-10-8-14(9-11-15)12-24-19(28)17-13-25-27(18(17)20(21,22)23)16-6-4-3-5-7-16/h3-11,13H,12H2,1-2H3,(H,24,28). The Morgan fingerprint density at radius 3 is 2.29 bits per heavy atom. The summed E-state index contributed by atoms with van der Waals surface area (Å²) >= 11 is 0. The van der Waals surface area contributed by atoms with Crippen LogP contribution in [0.3, 0.4) is 0 Å². The molecule has 5 nitrogen and oxygen atoms in total. The van der Waals surface area contributed by atoms with Gasteiger partial charge in [0.15, 0.2) is 5.69 Å². The number of nitrogens with zero attached hydrogens (tertiary/aromatic N) is 3. The van der Waals surface area contributed by atoms with Crippen LogP contribution in [-0.4, -0.2) is 29.8 Å². The van der Waals surface area contributed by atoms with E-state index in [1.54, 1.807) is 18.2 Å². The SMILES string of the molecule is CN(C)c1ccc(CNC(=O)c2cnn(-c3ccccc3)c2C(F)(F)F)cc1. The second kappa shape index (κ2) is 7.75. The zero-order valence-corrected chi connectivity index (χ0v) is 15.4. The average molecular weight is 388 g/mol. The molecule has 3 aromatic rings. The Labute approximate surface area is 160 Å². The van der Waals surface area contributed by atoms with E-state index < -0.39 is 23.3 Å². The summed E-state index contributed by atoms with van der Waals surface area (Å²) in [6, 6.07) is 15.3. The first-order chi connectivity index (χ1) is 13.3. The lowest BCUT2D eigenvalue weighted by Crippen LogP contribution is -2.26. The number of carbonyl (C=O) groups excluding carboxylic acids is 1. The van der Waals surface area contributed by atoms with Crippen molar-refractivity contribution in [3.63, 3.8) is 0 Å². The van der Waals surface area contributed by atoms with Crippen molar-refractivity contribution in [3.8, 4) is 5.69 Å². The van der Waals surface area contributed by atoms with Gasteiger partial charge in [-0.15, -0.1) is 0 Å². The summed E-state index contributed by atoms with van der Waals surface area (Å²) in [7, 11) is 3.81. The summed E-state index contributed by atoms with van der Waals surface area (Å²) < 4.78 is 41.6. The number of anilines is 1. The van der Waals surface area contributed by atoms with E-state index in [0.717, 1.165) is 22.1 Å². The average Bonchev–Trinajstić information content (AvgIpc) is 3.13. The molecule has 0 saturated heterocycles. The Hall–Kier alpha value is -3.29. The predicted molar refractivity (Wildman–Crippen MR) is 101 cm³/mol. The highest BCUT2D eigenvalue weighted by atomic mass is 19.4. The van der Waals surface area contributed by atoms with Crippen LogP contribution in [-0.2, 0) is 12.7 Å². The molecule has 0 aliphatic carbocycles. The highest BCUT2D eigenvalue weighted by Crippen LogP contribution is 2.33. The first kappa shape index (κ1) is 19.5. The maximum absolute atomic E-state index is 13.6. The van der Waals surface area contributed by atoms with E-state index >= 15 is 0 Å². The summed E-state index contributed by atoms with van der Waals surface area (Å²) in [5.74, 6) is -0.828. The summed E-state index contributed by atoms with van der Waals surface area (Å²) in [5.41, 5.74) is 0.384. The molecule has 1 aromatic heterocycles. The van der Waals surface area contributed by atoms with E-state index in [2.05, 4.69) is 10.4 Å². The fraction of sp³-hybridized carbons (Fsp3) is 0.200. The van der Waals surface area contributed by atoms with E-state index in [1.807, 2.05) is 43.3 Å². The zero-order valence-electron chi connectivity index (χ0n) is 15.4. The summed E-state index contributed by atoms with van der Waals surface area (Å²) in [6.45, 7) is 0.111. The van der Waals surface area contributed by atoms with Crippen molar-refractivity contribution in [1.29, 1.82) is 0 Å². The van der Waals surface area contributed by atoms with Gasteiger partial charge >= 0.3 is 6.18 Å². The molecule has 0 saturated carbocycles. The number of aromatic nitrogens is 2. The van der Waals surface area contributed by atoms with Crippen LogP contribution in [0.4, 0.5) is 18.9 Å². The molecule has 2 aromatic carbocycles. The smallest absolute Gasteiger partial charge is 0.378 e. The minimum Gasteiger partial charge on any atom is -0.378 e. The molecular formula is C20H19F3N4O. The third-order valence-electron chi connectivity index (χ3n) is 4.19. The highest BCUT2D eigenvalue weighted by Gasteiger charge is 2.40. The molecule has 8 heteroatoms. The minimum absolute atomic E-state index is 0.111. The fourth-order valence-electron chi connectivity index (χ4n) is 2.74. The molecule has 1 heterocycles. The summed E-state index contributed by atoms with van der Waals surface area (Å²) in [5, 5.41) is 6.33. The maximum atomic E-state index is 13.6. The van der Waals surface area contributed by atoms with Gasteiger partial charge < -0.3 is 10.2 Å². The number of halogens is 3. The van der Waals surface area contributed by atoms with Crippen LogP contribution in [0, 0.1) is 0 Å². The molecule has 0 unspecified atom stereocenters. The number of nitrogens with one attached hydrogen (secondary N) is 1. The van der Waals surface area contributed by atoms with Crippen molar-refractivity contribution >= 4 is 11.6 Å². The second-order valence-electron chi connectivity index (χ2n) is 6.40. The lowest BCUT2D eigenvalue weighted by atomic mass is 10.1. The van der Waals surface area contributed by atoms with Crippen LogP contribution < -0.4 is 10.2 Å². The van der Waals surface area contributed by atoms with Gasteiger partial charge in [-0.05, 0) is 29.8 Å². The fourth-order valence-corrected chi connectivity index (χ4v) is 2.74. The normalized spacial score (nSPS) is 11.3. The summed E-state index contributed by atoms with van der Waals surface area (Å²) in [6.07, 6.45) is -3.79. The Kier molecular flexibility index (Phi) is 5.39. The van der Waals surface area contributed by atoms with Crippen LogP contribution in [0.1, 0.15) is 21.6 Å². The number of amides is 1. The van der Waals surface area contributed by atoms with E-state index in [0.29, 0.717) is 0 Å². The zero-order chi connectivity index (χ0) is 20.3. The van der Waals surface area contributed by atoms with Crippen LogP contribution >= 0.6 is 0 Å². The van der Waals surface area contributed by atoms with E-state index in [-0.39, 0.29) is 12.2 Å². The van der Waals surface area contributed by atoms with Crippen LogP contribution in [0.5, 0.6) is 0 Å². The summed E-state index contributed by atoms with van der Waals surface area (Å²) in [4.78, 5) is 14.4. The van der Waals surface area contributed by atoms with Crippen LogP contribution in [0.15, 0.2) is 60.8 Å². The lowest BCUT2D eigenvalue weighted by molar-refractivity contribution is -0.143. The molecular weight excluding hydrogens is 369 g/mol. The number of hydrogen-bond donors (Lipinski definition) is 1. The number of benzene rings is 2. The third-order valence-corrected chi connectivity index (χ3v) is 4.19. The molecule has 1 N–H and O–H groups in total. The van der Waals surface area contributed by atoms with Gasteiger partial charge in [-0.25, -0.2) is 4.68 Å². The van der Waals surface area contributed by atoms with Gasteiger partial charge in [0.05, 0.1) is 17.4 Å². The van der Waals surface area contributed by atoms with E-state index in [9.17, 15) is 18.0 Å². The number of carbonyl (C=O) groups is 1. The Balaban J connectivity index is 1.83. The predicted octanol–water partition coefficient (Wildman–Crippen LogP) is 3.89. The molecule has 0 spiro atoms. The van der Waals surface area contributed by atoms with Crippen molar-refractivity contribution in [3.05, 3.63) is 77.6 Å². The largest absolute Gasteiger partial charge is 0.434 e. The van der Waals surface area contributed by atoms with Gasteiger partial charge in [0.25, 0.3) is 5.91 Å². The molecule has 3 rings (SSSR count). The molecule has 1 amide bonds. The quantitative estimate of drug-likeness (QED) is 0.722. The van der Waals surface area contributed by atoms with Crippen molar-refractivity contribution < 1.29 is 18.0 Å². The van der Waals surface area contributed by atoms with Gasteiger partial charge in [-0.3, -0.25) is 4.79 Å². The Morgan fingerprint density at radius 2 is 1.71 bits per heavy atom. The number of hydrogen-bond acceptors (Lipinski definition) is 3. The van der Waals surface area contributed by atoms with Crippen LogP contribution in [0.2, 0.25) is 0 Å². The van der Waals surface area contributed by atoms with Gasteiger partial charge in [-0.1, -0.05) is 30.3 Å². The van der Waals surface area contributed by atoms with Gasteiger partial charge in [0.1, 0.15) is 0 Å². The monoisotopic (exact) mass is 388 g/mol. The molecule has 146 valence electrons. The van der Waals surface area contributed by atoms with Crippen molar-refractivity contribution in [2.75, 3.05) is 19.0 Å². The Morgan fingerprint density at radius 1 is 1.07 bits per heavy atom. The van der Waals surface area contributed by atoms with Gasteiger partial charge in [0, 0.05) is 26.3 Å². The molecule has 0 fully saturated rings. The molecule has 0 aliphatic rings. The van der Waals surface area contributed by atoms with Crippen molar-refractivity contribution in [2.45, 2.75) is 12.7 Å². The molecule has 0 aliphatic heterocycles. The van der Waals surface area contributed by atoms with Gasteiger partial charge in [0.2, 0.25) is 0 Å². The molecule has 0 radical (unpaired) electrons. The first-order valence-electron chi connectivity index (χ1n) is 8.52. The number of alkyl halides is 3. The Bertz CT molecular complexity index is 948. The molecule has 0 bridgehead atoms. The lowest BCUT2D eigenvalue weighted by Gasteiger charge is -2.14. The highest BCUT2D eigenvalue weighted by molar-refractivity contribution is 5.95. The molecule has 0 atom stereocenters. The topological polar surface area (TPSA) is 50.2 Å². The minimum atomic E-state index is -4.73. The molecule has 28 heavy (non-hydrogen) atoms.